The van der Waals surface area contributed by atoms with Gasteiger partial charge in [0, 0.05) is 12.6 Å². The van der Waals surface area contributed by atoms with Crippen molar-refractivity contribution < 1.29 is 0 Å². The lowest BCUT2D eigenvalue weighted by atomic mass is 10.0. The molecule has 1 aromatic carbocycles. The van der Waals surface area contributed by atoms with Crippen molar-refractivity contribution in [3.63, 3.8) is 0 Å². The van der Waals surface area contributed by atoms with Gasteiger partial charge in [-0.25, -0.2) is 0 Å². The van der Waals surface area contributed by atoms with E-state index in [-0.39, 0.29) is 0 Å². The molecule has 0 spiro atoms. The van der Waals surface area contributed by atoms with Gasteiger partial charge in [0.1, 0.15) is 0 Å². The monoisotopic (exact) mass is 216 g/mol. The van der Waals surface area contributed by atoms with Crippen molar-refractivity contribution in [3.05, 3.63) is 34.9 Å². The van der Waals surface area contributed by atoms with E-state index in [9.17, 15) is 0 Å². The fraction of sp³-hybridized carbons (Fsp3) is 0.500. The zero-order chi connectivity index (χ0) is 12.0. The van der Waals surface area contributed by atoms with Crippen LogP contribution in [0.3, 0.4) is 0 Å². The van der Waals surface area contributed by atoms with Crippen LogP contribution in [0.5, 0.6) is 0 Å². The zero-order valence-corrected chi connectivity index (χ0v) is 10.4. The minimum atomic E-state index is 0.593. The molecule has 0 bridgehead atoms. The van der Waals surface area contributed by atoms with Gasteiger partial charge < -0.3 is 5.32 Å². The summed E-state index contributed by atoms with van der Waals surface area (Å²) >= 11 is 0. The average molecular weight is 216 g/mol. The minimum absolute atomic E-state index is 0.593. The molecular formula is C14H20N2. The molecule has 0 aromatic heterocycles. The van der Waals surface area contributed by atoms with E-state index in [1.165, 1.54) is 11.1 Å². The Bertz CT molecular complexity index is 373. The number of aryl methyl sites for hydroxylation is 1. The van der Waals surface area contributed by atoms with Crippen molar-refractivity contribution in [1.82, 2.24) is 5.32 Å². The molecule has 86 valence electrons. The maximum absolute atomic E-state index is 8.78. The number of rotatable bonds is 5. The Morgan fingerprint density at radius 1 is 1.31 bits per heavy atom. The number of benzene rings is 1. The van der Waals surface area contributed by atoms with Crippen LogP contribution in [0.25, 0.3) is 0 Å². The molecule has 0 fully saturated rings. The highest BCUT2D eigenvalue weighted by Crippen LogP contribution is 2.11. The van der Waals surface area contributed by atoms with Crippen LogP contribution < -0.4 is 5.32 Å². The predicted molar refractivity (Wildman–Crippen MR) is 67.1 cm³/mol. The normalized spacial score (nSPS) is 10.4. The molecule has 1 aromatic rings. The van der Waals surface area contributed by atoms with Crippen LogP contribution in [0, 0.1) is 18.3 Å². The van der Waals surface area contributed by atoms with Crippen molar-refractivity contribution >= 4 is 0 Å². The summed E-state index contributed by atoms with van der Waals surface area (Å²) in [5.41, 5.74) is 3.21. The van der Waals surface area contributed by atoms with Crippen molar-refractivity contribution in [1.29, 1.82) is 5.26 Å². The molecule has 0 aliphatic heterocycles. The van der Waals surface area contributed by atoms with E-state index < -0.39 is 0 Å². The van der Waals surface area contributed by atoms with Crippen LogP contribution >= 0.6 is 0 Å². The molecule has 0 amide bonds. The maximum atomic E-state index is 8.78. The van der Waals surface area contributed by atoms with Gasteiger partial charge in [-0.1, -0.05) is 19.9 Å². The van der Waals surface area contributed by atoms with Gasteiger partial charge in [0.25, 0.3) is 0 Å². The van der Waals surface area contributed by atoms with Gasteiger partial charge in [0.05, 0.1) is 11.6 Å². The first-order chi connectivity index (χ1) is 7.71. The van der Waals surface area contributed by atoms with Crippen molar-refractivity contribution in [3.8, 4) is 6.07 Å². The average Bonchev–Trinajstić information content (AvgIpc) is 2.32. The Morgan fingerprint density at radius 2 is 2.00 bits per heavy atom. The molecule has 0 saturated heterocycles. The number of nitriles is 1. The number of nitrogens with one attached hydrogen (secondary N) is 1. The molecule has 0 aliphatic carbocycles. The lowest BCUT2D eigenvalue weighted by molar-refractivity contribution is 0.483. The van der Waals surface area contributed by atoms with Crippen LogP contribution in [-0.2, 0) is 6.54 Å². The molecule has 0 radical (unpaired) electrons. The summed E-state index contributed by atoms with van der Waals surface area (Å²) in [5, 5.41) is 12.3. The largest absolute Gasteiger partial charge is 0.310 e. The van der Waals surface area contributed by atoms with Gasteiger partial charge in [-0.3, -0.25) is 0 Å². The molecule has 0 unspecified atom stereocenters. The topological polar surface area (TPSA) is 35.8 Å². The molecule has 0 saturated carbocycles. The molecule has 1 rings (SSSR count). The minimum Gasteiger partial charge on any atom is -0.310 e. The second-order valence-electron chi connectivity index (χ2n) is 4.15. The Labute approximate surface area is 98.3 Å². The van der Waals surface area contributed by atoms with E-state index >= 15 is 0 Å². The Morgan fingerprint density at radius 3 is 2.50 bits per heavy atom. The summed E-state index contributed by atoms with van der Waals surface area (Å²) in [7, 11) is 0. The molecule has 1 N–H and O–H groups in total. The van der Waals surface area contributed by atoms with Gasteiger partial charge >= 0.3 is 0 Å². The summed E-state index contributed by atoms with van der Waals surface area (Å²) in [5.74, 6) is 0. The predicted octanol–water partition coefficient (Wildman–Crippen LogP) is 3.14. The van der Waals surface area contributed by atoms with Gasteiger partial charge in [-0.05, 0) is 43.0 Å². The summed E-state index contributed by atoms with van der Waals surface area (Å²) < 4.78 is 0. The first kappa shape index (κ1) is 12.7. The number of nitrogens with zero attached hydrogens (tertiary/aromatic N) is 1. The summed E-state index contributed by atoms with van der Waals surface area (Å²) in [6.07, 6.45) is 2.32. The van der Waals surface area contributed by atoms with Gasteiger partial charge in [-0.15, -0.1) is 0 Å². The third-order valence-electron chi connectivity index (χ3n) is 3.04. The third kappa shape index (κ3) is 3.36. The Kier molecular flexibility index (Phi) is 5.01. The molecule has 0 aliphatic rings. The fourth-order valence-corrected chi connectivity index (χ4v) is 1.80. The van der Waals surface area contributed by atoms with Crippen molar-refractivity contribution in [2.24, 2.45) is 0 Å². The van der Waals surface area contributed by atoms with E-state index in [2.05, 4.69) is 32.2 Å². The molecule has 2 heteroatoms. The highest BCUT2D eigenvalue weighted by molar-refractivity contribution is 5.37. The van der Waals surface area contributed by atoms with Crippen LogP contribution in [-0.4, -0.2) is 6.04 Å². The van der Waals surface area contributed by atoms with Gasteiger partial charge in [-0.2, -0.15) is 5.26 Å². The fourth-order valence-electron chi connectivity index (χ4n) is 1.80. The molecule has 2 nitrogen and oxygen atoms in total. The van der Waals surface area contributed by atoms with Crippen LogP contribution in [0.4, 0.5) is 0 Å². The number of hydrogen-bond donors (Lipinski definition) is 1. The third-order valence-corrected chi connectivity index (χ3v) is 3.04. The molecule has 0 atom stereocenters. The lowest BCUT2D eigenvalue weighted by Gasteiger charge is -2.15. The van der Waals surface area contributed by atoms with Crippen LogP contribution in [0.15, 0.2) is 18.2 Å². The van der Waals surface area contributed by atoms with Crippen LogP contribution in [0.1, 0.15) is 43.4 Å². The SMILES string of the molecule is CCC(CC)NCc1ccc(C#N)cc1C. The van der Waals surface area contributed by atoms with Crippen molar-refractivity contribution in [2.45, 2.75) is 46.2 Å². The van der Waals surface area contributed by atoms with Gasteiger partial charge in [0.15, 0.2) is 0 Å². The quantitative estimate of drug-likeness (QED) is 0.820. The molecular weight excluding hydrogens is 196 g/mol. The zero-order valence-electron chi connectivity index (χ0n) is 10.4. The molecule has 0 heterocycles. The lowest BCUT2D eigenvalue weighted by Crippen LogP contribution is -2.27. The second-order valence-corrected chi connectivity index (χ2v) is 4.15. The summed E-state index contributed by atoms with van der Waals surface area (Å²) in [4.78, 5) is 0. The Hall–Kier alpha value is -1.33. The van der Waals surface area contributed by atoms with E-state index in [1.807, 2.05) is 18.2 Å². The highest BCUT2D eigenvalue weighted by atomic mass is 14.9. The summed E-state index contributed by atoms with van der Waals surface area (Å²) in [6, 6.07) is 8.63. The summed E-state index contributed by atoms with van der Waals surface area (Å²) in [6.45, 7) is 7.36. The molecule has 16 heavy (non-hydrogen) atoms. The van der Waals surface area contributed by atoms with Crippen LogP contribution in [0.2, 0.25) is 0 Å². The standard InChI is InChI=1S/C14H20N2/c1-4-14(5-2)16-10-13-7-6-12(9-15)8-11(13)3/h6-8,14,16H,4-5,10H2,1-3H3. The first-order valence-electron chi connectivity index (χ1n) is 5.94. The van der Waals surface area contributed by atoms with Gasteiger partial charge in [0.2, 0.25) is 0 Å². The van der Waals surface area contributed by atoms with E-state index in [0.717, 1.165) is 24.9 Å². The number of hydrogen-bond acceptors (Lipinski definition) is 2. The smallest absolute Gasteiger partial charge is 0.0991 e. The van der Waals surface area contributed by atoms with E-state index in [4.69, 9.17) is 5.26 Å². The van der Waals surface area contributed by atoms with E-state index in [1.54, 1.807) is 0 Å². The van der Waals surface area contributed by atoms with Crippen molar-refractivity contribution in [2.75, 3.05) is 0 Å². The first-order valence-corrected chi connectivity index (χ1v) is 5.94. The van der Waals surface area contributed by atoms with E-state index in [0.29, 0.717) is 6.04 Å². The second kappa shape index (κ2) is 6.30. The highest BCUT2D eigenvalue weighted by Gasteiger charge is 2.04. The Balaban J connectivity index is 2.65. The maximum Gasteiger partial charge on any atom is 0.0991 e.